The number of hydrogen-bond acceptors (Lipinski definition) is 8. The lowest BCUT2D eigenvalue weighted by Gasteiger charge is -2.16. The standard InChI is InChI=1S/C14H22N2O4.C2H2O4/c1-10(2)15-8-12(17)9-20-13-5-4-11(7-16-18)6-14(13)19-3;3-1(4)2(5)6/h4-7,10,12,15,17-18H,8-9H2,1-3H3;(H,3,4)(H,5,6)/b16-7-;. The number of carboxylic acid groups (broad SMARTS) is 2. The van der Waals surface area contributed by atoms with Crippen LogP contribution in [0.25, 0.3) is 0 Å². The second-order valence-corrected chi connectivity index (χ2v) is 5.29. The van der Waals surface area contributed by atoms with Crippen LogP contribution in [0.3, 0.4) is 0 Å². The quantitative estimate of drug-likeness (QED) is 0.188. The highest BCUT2D eigenvalue weighted by Gasteiger charge is 2.09. The average molecular weight is 372 g/mol. The van der Waals surface area contributed by atoms with Crippen LogP contribution >= 0.6 is 0 Å². The molecule has 10 nitrogen and oxygen atoms in total. The molecule has 1 unspecified atom stereocenters. The number of carbonyl (C=O) groups is 2. The fraction of sp³-hybridized carbons (Fsp3) is 0.438. The van der Waals surface area contributed by atoms with Crippen molar-refractivity contribution >= 4 is 18.2 Å². The molecular weight excluding hydrogens is 348 g/mol. The van der Waals surface area contributed by atoms with Crippen LogP contribution in [0.4, 0.5) is 0 Å². The van der Waals surface area contributed by atoms with E-state index in [2.05, 4.69) is 10.5 Å². The molecule has 26 heavy (non-hydrogen) atoms. The molecule has 10 heteroatoms. The second kappa shape index (κ2) is 12.5. The van der Waals surface area contributed by atoms with Gasteiger partial charge in [-0.05, 0) is 18.2 Å². The fourth-order valence-electron chi connectivity index (χ4n) is 1.57. The zero-order valence-electron chi connectivity index (χ0n) is 14.7. The molecule has 0 saturated heterocycles. The van der Waals surface area contributed by atoms with Crippen LogP contribution in [0, 0.1) is 0 Å². The van der Waals surface area contributed by atoms with Crippen molar-refractivity contribution in [1.29, 1.82) is 0 Å². The Morgan fingerprint density at radius 2 is 1.85 bits per heavy atom. The van der Waals surface area contributed by atoms with Crippen molar-refractivity contribution in [3.05, 3.63) is 23.8 Å². The molecule has 146 valence electrons. The van der Waals surface area contributed by atoms with Crippen molar-refractivity contribution in [1.82, 2.24) is 5.32 Å². The van der Waals surface area contributed by atoms with E-state index in [9.17, 15) is 5.11 Å². The summed E-state index contributed by atoms with van der Waals surface area (Å²) < 4.78 is 10.7. The van der Waals surface area contributed by atoms with Crippen LogP contribution in [0.15, 0.2) is 23.4 Å². The predicted octanol–water partition coefficient (Wildman–Crippen LogP) is 0.397. The molecule has 1 rings (SSSR count). The predicted molar refractivity (Wildman–Crippen MR) is 92.3 cm³/mol. The lowest BCUT2D eigenvalue weighted by molar-refractivity contribution is -0.159. The Balaban J connectivity index is 0.000000896. The van der Waals surface area contributed by atoms with E-state index >= 15 is 0 Å². The van der Waals surface area contributed by atoms with Gasteiger partial charge < -0.3 is 35.3 Å². The van der Waals surface area contributed by atoms with Gasteiger partial charge in [0.2, 0.25) is 0 Å². The third kappa shape index (κ3) is 10.1. The topological polar surface area (TPSA) is 158 Å². The van der Waals surface area contributed by atoms with Crippen LogP contribution in [-0.4, -0.2) is 71.1 Å². The highest BCUT2D eigenvalue weighted by molar-refractivity contribution is 6.27. The minimum Gasteiger partial charge on any atom is -0.493 e. The molecule has 0 fully saturated rings. The number of aliphatic hydroxyl groups is 1. The van der Waals surface area contributed by atoms with Crippen LogP contribution in [-0.2, 0) is 9.59 Å². The van der Waals surface area contributed by atoms with E-state index in [1.54, 1.807) is 18.2 Å². The van der Waals surface area contributed by atoms with Gasteiger partial charge in [0.1, 0.15) is 12.7 Å². The number of aliphatic carboxylic acids is 2. The molecule has 0 aliphatic carbocycles. The van der Waals surface area contributed by atoms with Crippen molar-refractivity contribution in [2.75, 3.05) is 20.3 Å². The molecule has 1 aromatic carbocycles. The number of carboxylic acids is 2. The van der Waals surface area contributed by atoms with Gasteiger partial charge in [0.25, 0.3) is 0 Å². The lowest BCUT2D eigenvalue weighted by atomic mass is 10.2. The molecule has 0 saturated carbocycles. The highest BCUT2D eigenvalue weighted by atomic mass is 16.5. The van der Waals surface area contributed by atoms with Crippen molar-refractivity contribution in [3.63, 3.8) is 0 Å². The maximum atomic E-state index is 9.78. The number of methoxy groups -OCH3 is 1. The Labute approximate surface area is 150 Å². The third-order valence-corrected chi connectivity index (χ3v) is 2.77. The van der Waals surface area contributed by atoms with Gasteiger partial charge in [0, 0.05) is 18.2 Å². The van der Waals surface area contributed by atoms with Gasteiger partial charge in [-0.2, -0.15) is 0 Å². The van der Waals surface area contributed by atoms with E-state index in [-0.39, 0.29) is 6.61 Å². The Morgan fingerprint density at radius 1 is 1.23 bits per heavy atom. The van der Waals surface area contributed by atoms with E-state index in [0.717, 1.165) is 0 Å². The monoisotopic (exact) mass is 372 g/mol. The third-order valence-electron chi connectivity index (χ3n) is 2.77. The molecule has 0 aliphatic rings. The van der Waals surface area contributed by atoms with Crippen molar-refractivity contribution in [2.45, 2.75) is 26.0 Å². The number of aliphatic hydroxyl groups excluding tert-OH is 1. The van der Waals surface area contributed by atoms with Gasteiger partial charge in [0.05, 0.1) is 13.3 Å². The Morgan fingerprint density at radius 3 is 2.31 bits per heavy atom. The molecular formula is C16H24N2O8. The lowest BCUT2D eigenvalue weighted by Crippen LogP contribution is -2.35. The smallest absolute Gasteiger partial charge is 0.414 e. The van der Waals surface area contributed by atoms with Gasteiger partial charge in [-0.25, -0.2) is 9.59 Å². The maximum Gasteiger partial charge on any atom is 0.414 e. The van der Waals surface area contributed by atoms with E-state index in [4.69, 9.17) is 34.5 Å². The summed E-state index contributed by atoms with van der Waals surface area (Å²) in [6.45, 7) is 4.66. The van der Waals surface area contributed by atoms with Crippen LogP contribution in [0.2, 0.25) is 0 Å². The van der Waals surface area contributed by atoms with E-state index in [1.165, 1.54) is 13.3 Å². The summed E-state index contributed by atoms with van der Waals surface area (Å²) >= 11 is 0. The highest BCUT2D eigenvalue weighted by Crippen LogP contribution is 2.27. The van der Waals surface area contributed by atoms with E-state index in [1.807, 2.05) is 13.8 Å². The molecule has 1 atom stereocenters. The minimum atomic E-state index is -1.82. The van der Waals surface area contributed by atoms with E-state index < -0.39 is 18.0 Å². The van der Waals surface area contributed by atoms with Gasteiger partial charge in [-0.1, -0.05) is 19.0 Å². The zero-order valence-corrected chi connectivity index (χ0v) is 14.7. The Kier molecular flexibility index (Phi) is 11.1. The number of ether oxygens (including phenoxy) is 2. The molecule has 0 amide bonds. The number of hydrogen-bond donors (Lipinski definition) is 5. The molecule has 1 aromatic rings. The number of nitrogens with one attached hydrogen (secondary N) is 1. The van der Waals surface area contributed by atoms with Gasteiger partial charge in [-0.15, -0.1) is 0 Å². The first-order valence-electron chi connectivity index (χ1n) is 7.57. The first-order valence-corrected chi connectivity index (χ1v) is 7.57. The summed E-state index contributed by atoms with van der Waals surface area (Å²) in [7, 11) is 1.53. The normalized spacial score (nSPS) is 11.6. The van der Waals surface area contributed by atoms with Crippen molar-refractivity contribution in [2.24, 2.45) is 5.16 Å². The van der Waals surface area contributed by atoms with Gasteiger partial charge in [0.15, 0.2) is 11.5 Å². The summed E-state index contributed by atoms with van der Waals surface area (Å²) in [5.74, 6) is -2.59. The molecule has 0 bridgehead atoms. The number of nitrogens with zero attached hydrogens (tertiary/aromatic N) is 1. The summed E-state index contributed by atoms with van der Waals surface area (Å²) in [5.41, 5.74) is 0.693. The average Bonchev–Trinajstić information content (AvgIpc) is 2.59. The number of rotatable bonds is 8. The second-order valence-electron chi connectivity index (χ2n) is 5.29. The summed E-state index contributed by atoms with van der Waals surface area (Å²) in [6, 6.07) is 5.44. The minimum absolute atomic E-state index is 0.170. The molecule has 0 heterocycles. The summed E-state index contributed by atoms with van der Waals surface area (Å²) in [4.78, 5) is 18.2. The molecule has 5 N–H and O–H groups in total. The van der Waals surface area contributed by atoms with Crippen LogP contribution in [0.1, 0.15) is 19.4 Å². The van der Waals surface area contributed by atoms with Crippen molar-refractivity contribution < 1.29 is 39.6 Å². The SMILES string of the molecule is COc1cc(/C=N\O)ccc1OCC(O)CNC(C)C.O=C(O)C(=O)O. The summed E-state index contributed by atoms with van der Waals surface area (Å²) in [6.07, 6.45) is 0.703. The van der Waals surface area contributed by atoms with Gasteiger partial charge >= 0.3 is 11.9 Å². The molecule has 0 spiro atoms. The first kappa shape index (κ1) is 23.1. The van der Waals surface area contributed by atoms with Gasteiger partial charge in [-0.3, -0.25) is 0 Å². The molecule has 0 aromatic heterocycles. The summed E-state index contributed by atoms with van der Waals surface area (Å²) in [5, 5.41) is 39.1. The fourth-order valence-corrected chi connectivity index (χ4v) is 1.57. The zero-order chi connectivity index (χ0) is 20.1. The Hall–Kier alpha value is -2.85. The van der Waals surface area contributed by atoms with Crippen LogP contribution in [0.5, 0.6) is 11.5 Å². The Bertz CT molecular complexity index is 592. The van der Waals surface area contributed by atoms with Crippen molar-refractivity contribution in [3.8, 4) is 11.5 Å². The number of benzene rings is 1. The molecule has 0 aliphatic heterocycles. The van der Waals surface area contributed by atoms with Crippen LogP contribution < -0.4 is 14.8 Å². The van der Waals surface area contributed by atoms with E-state index in [0.29, 0.717) is 29.6 Å². The number of oxime groups is 1. The maximum absolute atomic E-state index is 9.78. The first-order chi connectivity index (χ1) is 12.2. The largest absolute Gasteiger partial charge is 0.493 e. The molecule has 0 radical (unpaired) electrons.